The van der Waals surface area contributed by atoms with E-state index in [1.165, 1.54) is 30.3 Å². The highest BCUT2D eigenvalue weighted by atomic mass is 19.1. The molecule has 3 rings (SSSR count). The number of benzene rings is 2. The van der Waals surface area contributed by atoms with Crippen molar-refractivity contribution in [3.05, 3.63) is 53.6 Å². The van der Waals surface area contributed by atoms with Gasteiger partial charge in [0.15, 0.2) is 0 Å². The van der Waals surface area contributed by atoms with Gasteiger partial charge in [-0.05, 0) is 24.3 Å². The molecule has 1 unspecified atom stereocenters. The summed E-state index contributed by atoms with van der Waals surface area (Å²) in [6.45, 7) is 0.257. The Kier molecular flexibility index (Phi) is 2.74. The van der Waals surface area contributed by atoms with Crippen LogP contribution in [0.15, 0.2) is 36.4 Å². The smallest absolute Gasteiger partial charge is 0.149 e. The summed E-state index contributed by atoms with van der Waals surface area (Å²) in [6.07, 6.45) is 0. The van der Waals surface area contributed by atoms with E-state index in [1.807, 2.05) is 0 Å². The molecule has 2 aromatic carbocycles. The molecule has 1 aliphatic rings. The zero-order chi connectivity index (χ0) is 13.4. The summed E-state index contributed by atoms with van der Waals surface area (Å²) in [5.74, 6) is -0.676. The number of anilines is 1. The van der Waals surface area contributed by atoms with Gasteiger partial charge in [0, 0.05) is 11.6 Å². The van der Waals surface area contributed by atoms with E-state index in [0.29, 0.717) is 5.75 Å². The number of ether oxygens (including phenoxy) is 1. The van der Waals surface area contributed by atoms with Gasteiger partial charge in [-0.15, -0.1) is 0 Å². The molecule has 5 heteroatoms. The normalized spacial score (nSPS) is 16.8. The fourth-order valence-corrected chi connectivity index (χ4v) is 2.13. The molecule has 1 aliphatic heterocycles. The Labute approximate surface area is 108 Å². The molecule has 1 heterocycles. The van der Waals surface area contributed by atoms with Gasteiger partial charge in [0.25, 0.3) is 0 Å². The summed E-state index contributed by atoms with van der Waals surface area (Å²) in [7, 11) is 0. The van der Waals surface area contributed by atoms with Gasteiger partial charge in [0.1, 0.15) is 35.4 Å². The van der Waals surface area contributed by atoms with Crippen molar-refractivity contribution in [2.75, 3.05) is 11.9 Å². The number of nitrogens with one attached hydrogen (secondary N) is 1. The van der Waals surface area contributed by atoms with Gasteiger partial charge in [-0.25, -0.2) is 8.78 Å². The van der Waals surface area contributed by atoms with Gasteiger partial charge in [-0.1, -0.05) is 6.07 Å². The van der Waals surface area contributed by atoms with Gasteiger partial charge < -0.3 is 15.2 Å². The molecule has 3 nitrogen and oxygen atoms in total. The average molecular weight is 263 g/mol. The molecule has 0 radical (unpaired) electrons. The van der Waals surface area contributed by atoms with E-state index in [-0.39, 0.29) is 24.1 Å². The maximum atomic E-state index is 13.6. The standard InChI is InChI=1S/C14H11F2NO2/c15-10-2-1-3-11(16)14(10)17-12-7-19-13-6-8(18)4-5-9(12)13/h1-6,12,17-18H,7H2. The second-order valence-electron chi connectivity index (χ2n) is 4.33. The Morgan fingerprint density at radius 1 is 1.16 bits per heavy atom. The number of hydrogen-bond acceptors (Lipinski definition) is 3. The first-order valence-corrected chi connectivity index (χ1v) is 5.81. The third-order valence-corrected chi connectivity index (χ3v) is 3.06. The van der Waals surface area contributed by atoms with Gasteiger partial charge >= 0.3 is 0 Å². The topological polar surface area (TPSA) is 41.5 Å². The predicted molar refractivity (Wildman–Crippen MR) is 66.3 cm³/mol. The third kappa shape index (κ3) is 2.07. The first kappa shape index (κ1) is 11.8. The molecule has 19 heavy (non-hydrogen) atoms. The van der Waals surface area contributed by atoms with E-state index >= 15 is 0 Å². The number of rotatable bonds is 2. The summed E-state index contributed by atoms with van der Waals surface area (Å²) in [5.41, 5.74) is 0.595. The molecule has 0 aromatic heterocycles. The molecule has 98 valence electrons. The molecule has 2 aromatic rings. The third-order valence-electron chi connectivity index (χ3n) is 3.06. The van der Waals surface area contributed by atoms with Crippen molar-refractivity contribution < 1.29 is 18.6 Å². The number of para-hydroxylation sites is 1. The largest absolute Gasteiger partial charge is 0.508 e. The molecule has 0 bridgehead atoms. The van der Waals surface area contributed by atoms with Crippen LogP contribution in [0.5, 0.6) is 11.5 Å². The summed E-state index contributed by atoms with van der Waals surface area (Å²) in [5, 5.41) is 12.1. The fourth-order valence-electron chi connectivity index (χ4n) is 2.13. The summed E-state index contributed by atoms with van der Waals surface area (Å²) in [6, 6.07) is 8.02. The average Bonchev–Trinajstić information content (AvgIpc) is 2.76. The highest BCUT2D eigenvalue weighted by Crippen LogP contribution is 2.37. The highest BCUT2D eigenvalue weighted by Gasteiger charge is 2.26. The van der Waals surface area contributed by atoms with Crippen molar-refractivity contribution in [3.8, 4) is 11.5 Å². The van der Waals surface area contributed by atoms with Crippen LogP contribution in [0.25, 0.3) is 0 Å². The zero-order valence-electron chi connectivity index (χ0n) is 9.86. The van der Waals surface area contributed by atoms with Crippen molar-refractivity contribution >= 4 is 5.69 Å². The van der Waals surface area contributed by atoms with E-state index in [1.54, 1.807) is 6.07 Å². The lowest BCUT2D eigenvalue weighted by atomic mass is 10.1. The molecule has 0 aliphatic carbocycles. The molecule has 0 saturated heterocycles. The van der Waals surface area contributed by atoms with Crippen molar-refractivity contribution in [1.29, 1.82) is 0 Å². The van der Waals surface area contributed by atoms with Crippen molar-refractivity contribution in [1.82, 2.24) is 0 Å². The molecule has 1 atom stereocenters. The Hall–Kier alpha value is -2.30. The molecule has 0 amide bonds. The predicted octanol–water partition coefficient (Wildman–Crippen LogP) is 3.22. The second kappa shape index (κ2) is 4.42. The van der Waals surface area contributed by atoms with E-state index in [0.717, 1.165) is 5.56 Å². The SMILES string of the molecule is Oc1ccc2c(c1)OCC2Nc1c(F)cccc1F. The minimum Gasteiger partial charge on any atom is -0.508 e. The Bertz CT molecular complexity index is 611. The van der Waals surface area contributed by atoms with Crippen LogP contribution < -0.4 is 10.1 Å². The molecule has 0 fully saturated rings. The maximum absolute atomic E-state index is 13.6. The van der Waals surface area contributed by atoms with Gasteiger partial charge in [0.05, 0.1) is 6.04 Å². The molecular formula is C14H11F2NO2. The zero-order valence-corrected chi connectivity index (χ0v) is 9.86. The monoisotopic (exact) mass is 263 g/mol. The van der Waals surface area contributed by atoms with Crippen LogP contribution in [-0.2, 0) is 0 Å². The van der Waals surface area contributed by atoms with Gasteiger partial charge in [-0.2, -0.15) is 0 Å². The van der Waals surface area contributed by atoms with Crippen LogP contribution in [0, 0.1) is 11.6 Å². The van der Waals surface area contributed by atoms with E-state index in [2.05, 4.69) is 5.32 Å². The second-order valence-corrected chi connectivity index (χ2v) is 4.33. The van der Waals surface area contributed by atoms with E-state index in [4.69, 9.17) is 4.74 Å². The Balaban J connectivity index is 1.91. The minimum absolute atomic E-state index is 0.0940. The first-order valence-electron chi connectivity index (χ1n) is 5.81. The highest BCUT2D eigenvalue weighted by molar-refractivity contribution is 5.52. The number of aromatic hydroxyl groups is 1. The van der Waals surface area contributed by atoms with Gasteiger partial charge in [-0.3, -0.25) is 0 Å². The molecule has 0 spiro atoms. The first-order chi connectivity index (χ1) is 9.15. The minimum atomic E-state index is -0.646. The number of phenolic OH excluding ortho intramolecular Hbond substituents is 1. The van der Waals surface area contributed by atoms with Crippen molar-refractivity contribution in [2.45, 2.75) is 6.04 Å². The number of fused-ring (bicyclic) bond motifs is 1. The van der Waals surface area contributed by atoms with E-state index < -0.39 is 11.6 Å². The number of halogens is 2. The van der Waals surface area contributed by atoms with Crippen LogP contribution in [0.2, 0.25) is 0 Å². The lowest BCUT2D eigenvalue weighted by molar-refractivity contribution is 0.337. The quantitative estimate of drug-likeness (QED) is 0.874. The fraction of sp³-hybridized carbons (Fsp3) is 0.143. The molecule has 0 saturated carbocycles. The van der Waals surface area contributed by atoms with Gasteiger partial charge in [0.2, 0.25) is 0 Å². The van der Waals surface area contributed by atoms with Crippen LogP contribution in [-0.4, -0.2) is 11.7 Å². The molecule has 2 N–H and O–H groups in total. The van der Waals surface area contributed by atoms with Crippen LogP contribution in [0.3, 0.4) is 0 Å². The summed E-state index contributed by atoms with van der Waals surface area (Å²) in [4.78, 5) is 0. The van der Waals surface area contributed by atoms with Crippen LogP contribution in [0.1, 0.15) is 11.6 Å². The maximum Gasteiger partial charge on any atom is 0.149 e. The van der Waals surface area contributed by atoms with Crippen LogP contribution in [0.4, 0.5) is 14.5 Å². The van der Waals surface area contributed by atoms with E-state index in [9.17, 15) is 13.9 Å². The van der Waals surface area contributed by atoms with Crippen LogP contribution >= 0.6 is 0 Å². The molecular weight excluding hydrogens is 252 g/mol. The lowest BCUT2D eigenvalue weighted by Gasteiger charge is -2.14. The number of hydrogen-bond donors (Lipinski definition) is 2. The lowest BCUT2D eigenvalue weighted by Crippen LogP contribution is -2.14. The number of phenols is 1. The summed E-state index contributed by atoms with van der Waals surface area (Å²) < 4.78 is 32.5. The summed E-state index contributed by atoms with van der Waals surface area (Å²) >= 11 is 0. The van der Waals surface area contributed by atoms with Crippen molar-refractivity contribution in [3.63, 3.8) is 0 Å². The van der Waals surface area contributed by atoms with Crippen molar-refractivity contribution in [2.24, 2.45) is 0 Å². The Morgan fingerprint density at radius 3 is 2.63 bits per heavy atom. The Morgan fingerprint density at radius 2 is 1.89 bits per heavy atom.